The van der Waals surface area contributed by atoms with Crippen LogP contribution in [0.3, 0.4) is 0 Å². The van der Waals surface area contributed by atoms with Crippen LogP contribution >= 0.6 is 23.5 Å². The van der Waals surface area contributed by atoms with Crippen LogP contribution in [-0.2, 0) is 4.79 Å². The first-order valence-electron chi connectivity index (χ1n) is 8.32. The van der Waals surface area contributed by atoms with Crippen molar-refractivity contribution < 1.29 is 4.79 Å². The molecule has 0 spiro atoms. The van der Waals surface area contributed by atoms with E-state index in [0.29, 0.717) is 11.2 Å². The number of hydrogen-bond acceptors (Lipinski definition) is 6. The molecule has 3 aromatic rings. The van der Waals surface area contributed by atoms with E-state index in [0.717, 1.165) is 28.3 Å². The fourth-order valence-corrected chi connectivity index (χ4v) is 4.09. The summed E-state index contributed by atoms with van der Waals surface area (Å²) >= 11 is 3.00. The molecule has 2 aromatic carbocycles. The molecule has 1 saturated carbocycles. The fraction of sp³-hybridized carbons (Fsp3) is 0.222. The molecule has 4 rings (SSSR count). The minimum absolute atomic E-state index is 0.0681. The van der Waals surface area contributed by atoms with Gasteiger partial charge in [-0.25, -0.2) is 4.68 Å². The molecule has 0 aliphatic heterocycles. The average Bonchev–Trinajstić information content (AvgIpc) is 3.40. The maximum Gasteiger partial charge on any atom is 0.234 e. The van der Waals surface area contributed by atoms with Gasteiger partial charge in [0.1, 0.15) is 0 Å². The largest absolute Gasteiger partial charge is 0.324 e. The Morgan fingerprint density at radius 2 is 1.88 bits per heavy atom. The molecule has 0 atom stereocenters. The molecule has 1 heterocycles. The third-order valence-corrected chi connectivity index (χ3v) is 5.84. The highest BCUT2D eigenvalue weighted by Gasteiger charge is 2.28. The summed E-state index contributed by atoms with van der Waals surface area (Å²) in [5.41, 5.74) is 0.814. The highest BCUT2D eigenvalue weighted by molar-refractivity contribution is 8.00. The number of aromatic nitrogens is 4. The predicted octanol–water partition coefficient (Wildman–Crippen LogP) is 3.89. The SMILES string of the molecule is O=C(CSc1nnnn1C1CC1)Nc1ccccc1Sc1ccccc1. The molecule has 0 unspecified atom stereocenters. The number of hydrogen-bond donors (Lipinski definition) is 1. The van der Waals surface area contributed by atoms with E-state index in [1.54, 1.807) is 11.8 Å². The van der Waals surface area contributed by atoms with E-state index >= 15 is 0 Å². The molecule has 0 saturated heterocycles. The quantitative estimate of drug-likeness (QED) is 0.624. The lowest BCUT2D eigenvalue weighted by molar-refractivity contribution is -0.113. The van der Waals surface area contributed by atoms with E-state index in [1.165, 1.54) is 11.8 Å². The van der Waals surface area contributed by atoms with Crippen molar-refractivity contribution in [3.8, 4) is 0 Å². The first-order valence-corrected chi connectivity index (χ1v) is 10.1. The predicted molar refractivity (Wildman–Crippen MR) is 102 cm³/mol. The summed E-state index contributed by atoms with van der Waals surface area (Å²) in [6, 6.07) is 18.3. The summed E-state index contributed by atoms with van der Waals surface area (Å²) in [5.74, 6) is 0.207. The number of para-hydroxylation sites is 1. The first kappa shape index (κ1) is 17.1. The third kappa shape index (κ3) is 4.25. The van der Waals surface area contributed by atoms with Crippen LogP contribution in [0.4, 0.5) is 5.69 Å². The molecule has 1 aliphatic rings. The van der Waals surface area contributed by atoms with Gasteiger partial charge in [0.05, 0.1) is 17.5 Å². The van der Waals surface area contributed by atoms with Crippen molar-refractivity contribution in [3.63, 3.8) is 0 Å². The van der Waals surface area contributed by atoms with Gasteiger partial charge in [-0.05, 0) is 47.5 Å². The van der Waals surface area contributed by atoms with E-state index in [1.807, 2.05) is 47.1 Å². The monoisotopic (exact) mass is 383 g/mol. The number of nitrogens with one attached hydrogen (secondary N) is 1. The summed E-state index contributed by atoms with van der Waals surface area (Å²) in [7, 11) is 0. The molecule has 0 radical (unpaired) electrons. The zero-order valence-corrected chi connectivity index (χ0v) is 15.5. The van der Waals surface area contributed by atoms with Crippen molar-refractivity contribution in [1.29, 1.82) is 0 Å². The summed E-state index contributed by atoms with van der Waals surface area (Å²) in [6.07, 6.45) is 2.21. The van der Waals surface area contributed by atoms with Crippen LogP contribution in [0.15, 0.2) is 69.5 Å². The molecule has 1 aliphatic carbocycles. The van der Waals surface area contributed by atoms with Crippen LogP contribution in [0.25, 0.3) is 0 Å². The van der Waals surface area contributed by atoms with E-state index in [4.69, 9.17) is 0 Å². The van der Waals surface area contributed by atoms with Crippen molar-refractivity contribution in [2.24, 2.45) is 0 Å². The van der Waals surface area contributed by atoms with Crippen LogP contribution in [0.1, 0.15) is 18.9 Å². The van der Waals surface area contributed by atoms with Gasteiger partial charge in [0.25, 0.3) is 0 Å². The second kappa shape index (κ2) is 7.92. The molecule has 1 amide bonds. The molecule has 6 nitrogen and oxygen atoms in total. The number of nitrogens with zero attached hydrogens (tertiary/aromatic N) is 4. The molecule has 8 heteroatoms. The minimum atomic E-state index is -0.0681. The highest BCUT2D eigenvalue weighted by atomic mass is 32.2. The van der Waals surface area contributed by atoms with Gasteiger partial charge in [-0.3, -0.25) is 4.79 Å². The van der Waals surface area contributed by atoms with E-state index in [-0.39, 0.29) is 11.7 Å². The lowest BCUT2D eigenvalue weighted by atomic mass is 10.3. The Morgan fingerprint density at radius 3 is 2.69 bits per heavy atom. The lowest BCUT2D eigenvalue weighted by Crippen LogP contribution is -2.15. The van der Waals surface area contributed by atoms with Gasteiger partial charge >= 0.3 is 0 Å². The highest BCUT2D eigenvalue weighted by Crippen LogP contribution is 2.36. The van der Waals surface area contributed by atoms with Gasteiger partial charge in [-0.1, -0.05) is 53.9 Å². The standard InChI is InChI=1S/C18H17N5OS2/c24-17(12-25-18-20-21-22-23(18)13-10-11-13)19-15-8-4-5-9-16(15)26-14-6-2-1-3-7-14/h1-9,13H,10-12H2,(H,19,24). The molecular weight excluding hydrogens is 366 g/mol. The Labute approximate surface area is 159 Å². The van der Waals surface area contributed by atoms with Gasteiger partial charge in [0, 0.05) is 9.79 Å². The van der Waals surface area contributed by atoms with Crippen LogP contribution in [-0.4, -0.2) is 31.9 Å². The van der Waals surface area contributed by atoms with Crippen molar-refractivity contribution in [2.75, 3.05) is 11.1 Å². The van der Waals surface area contributed by atoms with Gasteiger partial charge < -0.3 is 5.32 Å². The van der Waals surface area contributed by atoms with Crippen molar-refractivity contribution in [2.45, 2.75) is 33.8 Å². The second-order valence-corrected chi connectivity index (χ2v) is 7.94. The van der Waals surface area contributed by atoms with Crippen molar-refractivity contribution >= 4 is 35.1 Å². The van der Waals surface area contributed by atoms with Crippen molar-refractivity contribution in [3.05, 3.63) is 54.6 Å². The van der Waals surface area contributed by atoms with Crippen LogP contribution in [0.2, 0.25) is 0 Å². The average molecular weight is 384 g/mol. The maximum absolute atomic E-state index is 12.4. The zero-order valence-electron chi connectivity index (χ0n) is 13.9. The molecule has 1 fully saturated rings. The van der Waals surface area contributed by atoms with Crippen LogP contribution in [0, 0.1) is 0 Å². The van der Waals surface area contributed by atoms with Gasteiger partial charge in [-0.2, -0.15) is 0 Å². The zero-order chi connectivity index (χ0) is 17.8. The number of tetrazole rings is 1. The maximum atomic E-state index is 12.4. The van der Waals surface area contributed by atoms with E-state index < -0.39 is 0 Å². The second-order valence-electron chi connectivity index (χ2n) is 5.89. The molecule has 26 heavy (non-hydrogen) atoms. The van der Waals surface area contributed by atoms with Gasteiger partial charge in [-0.15, -0.1) is 5.10 Å². The summed E-state index contributed by atoms with van der Waals surface area (Å²) in [6.45, 7) is 0. The Bertz CT molecular complexity index is 895. The van der Waals surface area contributed by atoms with Crippen LogP contribution < -0.4 is 5.32 Å². The molecule has 132 valence electrons. The first-order chi connectivity index (χ1) is 12.8. The number of benzene rings is 2. The topological polar surface area (TPSA) is 72.7 Å². The summed E-state index contributed by atoms with van der Waals surface area (Å²) in [5, 5.41) is 15.4. The normalized spacial score (nSPS) is 13.5. The van der Waals surface area contributed by atoms with Crippen molar-refractivity contribution in [1.82, 2.24) is 20.2 Å². The molecular formula is C18H17N5OS2. The number of anilines is 1. The Kier molecular flexibility index (Phi) is 5.21. The number of carbonyl (C=O) groups is 1. The lowest BCUT2D eigenvalue weighted by Gasteiger charge is -2.10. The van der Waals surface area contributed by atoms with E-state index in [9.17, 15) is 4.79 Å². The molecule has 1 aromatic heterocycles. The Morgan fingerprint density at radius 1 is 1.12 bits per heavy atom. The fourth-order valence-electron chi connectivity index (χ4n) is 2.42. The number of carbonyl (C=O) groups excluding carboxylic acids is 1. The summed E-state index contributed by atoms with van der Waals surface area (Å²) in [4.78, 5) is 14.5. The number of thioether (sulfide) groups is 1. The molecule has 1 N–H and O–H groups in total. The Hall–Kier alpha value is -2.32. The van der Waals surface area contributed by atoms with Crippen LogP contribution in [0.5, 0.6) is 0 Å². The molecule has 0 bridgehead atoms. The Balaban J connectivity index is 1.39. The summed E-state index contributed by atoms with van der Waals surface area (Å²) < 4.78 is 1.82. The minimum Gasteiger partial charge on any atom is -0.324 e. The van der Waals surface area contributed by atoms with Gasteiger partial charge in [0.15, 0.2) is 0 Å². The number of amides is 1. The van der Waals surface area contributed by atoms with E-state index in [2.05, 4.69) is 33.0 Å². The third-order valence-electron chi connectivity index (χ3n) is 3.82. The smallest absolute Gasteiger partial charge is 0.234 e. The van der Waals surface area contributed by atoms with Gasteiger partial charge in [0.2, 0.25) is 11.1 Å². The number of rotatable bonds is 7.